The molecule has 0 atom stereocenters. The average molecular weight is 402 g/mol. The molecule has 0 spiro atoms. The minimum atomic E-state index is -0.447. The highest BCUT2D eigenvalue weighted by Crippen LogP contribution is 2.39. The van der Waals surface area contributed by atoms with Gasteiger partial charge in [-0.1, -0.05) is 42.5 Å². The highest BCUT2D eigenvalue weighted by atomic mass is 16.6. The van der Waals surface area contributed by atoms with Crippen molar-refractivity contribution in [2.45, 2.75) is 12.8 Å². The van der Waals surface area contributed by atoms with Gasteiger partial charge in [-0.25, -0.2) is 0 Å². The molecule has 1 aliphatic carbocycles. The lowest BCUT2D eigenvalue weighted by Gasteiger charge is -2.05. The van der Waals surface area contributed by atoms with Crippen LogP contribution in [0.4, 0.5) is 22.7 Å². The Morgan fingerprint density at radius 2 is 1.53 bits per heavy atom. The van der Waals surface area contributed by atoms with Crippen LogP contribution in [-0.2, 0) is 12.8 Å². The van der Waals surface area contributed by atoms with E-state index in [1.807, 2.05) is 24.3 Å². The van der Waals surface area contributed by atoms with Crippen molar-refractivity contribution in [2.75, 3.05) is 11.5 Å². The third-order valence-electron chi connectivity index (χ3n) is 5.33. The largest absolute Gasteiger partial charge is 0.393 e. The van der Waals surface area contributed by atoms with Crippen LogP contribution in [0, 0.1) is 20.2 Å². The number of benzene rings is 4. The summed E-state index contributed by atoms with van der Waals surface area (Å²) in [5.41, 5.74) is 14.1. The maximum atomic E-state index is 10.9. The van der Waals surface area contributed by atoms with E-state index in [9.17, 15) is 20.2 Å². The Labute approximate surface area is 171 Å². The number of hydrogen-bond acceptors (Lipinski definition) is 6. The molecule has 0 unspecified atom stereocenters. The van der Waals surface area contributed by atoms with Crippen molar-refractivity contribution < 1.29 is 9.85 Å². The molecule has 0 fully saturated rings. The lowest BCUT2D eigenvalue weighted by atomic mass is 10.0. The number of fused-ring (bicyclic) bond motifs is 1. The number of nitrogen functional groups attached to an aromatic ring is 2. The molecule has 0 radical (unpaired) electrons. The fourth-order valence-corrected chi connectivity index (χ4v) is 3.98. The second kappa shape index (κ2) is 7.32. The molecule has 0 saturated carbocycles. The number of nitro groups is 2. The Kier molecular flexibility index (Phi) is 4.67. The quantitative estimate of drug-likeness (QED) is 0.282. The normalized spacial score (nSPS) is 11.9. The lowest BCUT2D eigenvalue weighted by molar-refractivity contribution is -0.383. The lowest BCUT2D eigenvalue weighted by Crippen LogP contribution is -1.99. The first kappa shape index (κ1) is 19.1. The first-order valence-corrected chi connectivity index (χ1v) is 9.27. The first-order chi connectivity index (χ1) is 14.4. The van der Waals surface area contributed by atoms with Gasteiger partial charge < -0.3 is 11.5 Å². The molecule has 4 N–H and O–H groups in total. The van der Waals surface area contributed by atoms with Gasteiger partial charge in [0.05, 0.1) is 15.2 Å². The van der Waals surface area contributed by atoms with Crippen LogP contribution in [0.1, 0.15) is 11.1 Å². The van der Waals surface area contributed by atoms with Crippen LogP contribution in [0.3, 0.4) is 0 Å². The predicted octanol–water partition coefficient (Wildman–Crippen LogP) is 4.76. The maximum Gasteiger partial charge on any atom is 0.299 e. The highest BCUT2D eigenvalue weighted by molar-refractivity contribution is 5.98. The van der Waals surface area contributed by atoms with Gasteiger partial charge >= 0.3 is 0 Å². The van der Waals surface area contributed by atoms with Gasteiger partial charge in [0.2, 0.25) is 0 Å². The molecule has 1 aliphatic rings. The van der Waals surface area contributed by atoms with Crippen LogP contribution >= 0.6 is 0 Å². The van der Waals surface area contributed by atoms with Crippen LogP contribution in [0.25, 0.3) is 21.5 Å². The smallest absolute Gasteiger partial charge is 0.299 e. The van der Waals surface area contributed by atoms with Gasteiger partial charge in [-0.3, -0.25) is 20.2 Å². The Morgan fingerprint density at radius 3 is 2.27 bits per heavy atom. The number of nitro benzene ring substituents is 2. The van der Waals surface area contributed by atoms with Crippen molar-refractivity contribution in [3.63, 3.8) is 0 Å². The van der Waals surface area contributed by atoms with Crippen LogP contribution in [-0.4, -0.2) is 9.85 Å². The molecule has 0 saturated heterocycles. The summed E-state index contributed by atoms with van der Waals surface area (Å²) >= 11 is 0. The van der Waals surface area contributed by atoms with Crippen LogP contribution < -0.4 is 11.5 Å². The van der Waals surface area contributed by atoms with E-state index in [0.717, 1.165) is 34.6 Å². The zero-order valence-corrected chi connectivity index (χ0v) is 15.9. The van der Waals surface area contributed by atoms with E-state index in [1.165, 1.54) is 5.56 Å². The van der Waals surface area contributed by atoms with Crippen molar-refractivity contribution in [3.05, 3.63) is 92.0 Å². The molecule has 0 bridgehead atoms. The van der Waals surface area contributed by atoms with Crippen LogP contribution in [0.2, 0.25) is 0 Å². The molecule has 0 amide bonds. The van der Waals surface area contributed by atoms with E-state index >= 15 is 0 Å². The maximum absolute atomic E-state index is 10.9. The molecule has 0 heterocycles. The highest BCUT2D eigenvalue weighted by Gasteiger charge is 2.23. The van der Waals surface area contributed by atoms with Crippen molar-refractivity contribution in [1.82, 2.24) is 0 Å². The molecular weight excluding hydrogens is 384 g/mol. The van der Waals surface area contributed by atoms with E-state index < -0.39 is 9.85 Å². The molecule has 8 heteroatoms. The number of hydrogen-bond donors (Lipinski definition) is 2. The van der Waals surface area contributed by atoms with Crippen LogP contribution in [0.15, 0.2) is 60.7 Å². The van der Waals surface area contributed by atoms with E-state index in [1.54, 1.807) is 30.3 Å². The zero-order chi connectivity index (χ0) is 21.4. The third kappa shape index (κ3) is 3.14. The molecule has 0 aliphatic heterocycles. The number of aryl methyl sites for hydroxylation is 2. The summed E-state index contributed by atoms with van der Waals surface area (Å²) < 4.78 is 0. The second-order valence-corrected chi connectivity index (χ2v) is 7.04. The number of anilines is 2. The molecule has 30 heavy (non-hydrogen) atoms. The van der Waals surface area contributed by atoms with Gasteiger partial charge in [0.15, 0.2) is 0 Å². The Balaban J connectivity index is 0.000000147. The van der Waals surface area contributed by atoms with E-state index in [4.69, 9.17) is 11.5 Å². The number of nitrogens with zero attached hydrogens (tertiary/aromatic N) is 2. The van der Waals surface area contributed by atoms with E-state index in [0.29, 0.717) is 11.1 Å². The summed E-state index contributed by atoms with van der Waals surface area (Å²) in [7, 11) is 0. The Hall–Kier alpha value is -4.20. The molecular formula is C22H18N4O4. The summed E-state index contributed by atoms with van der Waals surface area (Å²) in [6.45, 7) is 0. The molecule has 4 aromatic carbocycles. The van der Waals surface area contributed by atoms with Crippen LogP contribution in [0.5, 0.6) is 0 Å². The standard InChI is InChI=1S/C12H10N2O2.C10H8N2O2/c13-12-9-5-4-7-2-1-3-8(11(7)9)6-10(12)14(15)16;11-9-6-5-7-3-1-2-4-8(7)10(9)12(13)14/h1-3,6H,4-5,13H2;1-6H,11H2. The monoisotopic (exact) mass is 402 g/mol. The fraction of sp³-hybridized carbons (Fsp3) is 0.0909. The molecule has 8 nitrogen and oxygen atoms in total. The summed E-state index contributed by atoms with van der Waals surface area (Å²) in [6.07, 6.45) is 1.74. The summed E-state index contributed by atoms with van der Waals surface area (Å²) in [5.74, 6) is 0. The Morgan fingerprint density at radius 1 is 0.800 bits per heavy atom. The number of rotatable bonds is 2. The minimum Gasteiger partial charge on any atom is -0.393 e. The summed E-state index contributed by atoms with van der Waals surface area (Å²) in [4.78, 5) is 20.8. The molecule has 4 aromatic rings. The van der Waals surface area contributed by atoms with Gasteiger partial charge in [0.1, 0.15) is 11.4 Å². The van der Waals surface area contributed by atoms with Crippen molar-refractivity contribution in [2.24, 2.45) is 0 Å². The van der Waals surface area contributed by atoms with Crippen molar-refractivity contribution in [1.29, 1.82) is 0 Å². The SMILES string of the molecule is Nc1c([N+](=O)[O-])cc2cccc3c2c1CC3.Nc1ccc2ccccc2c1[N+](=O)[O-]. The predicted molar refractivity (Wildman–Crippen MR) is 117 cm³/mol. The average Bonchev–Trinajstić information content (AvgIpc) is 3.16. The number of nitrogens with two attached hydrogens (primary N) is 2. The molecule has 5 rings (SSSR count). The summed E-state index contributed by atoms with van der Waals surface area (Å²) in [5, 5.41) is 25.1. The third-order valence-corrected chi connectivity index (χ3v) is 5.33. The van der Waals surface area contributed by atoms with Gasteiger partial charge in [-0.15, -0.1) is 0 Å². The van der Waals surface area contributed by atoms with Gasteiger partial charge in [-0.2, -0.15) is 0 Å². The second-order valence-electron chi connectivity index (χ2n) is 7.04. The molecule has 150 valence electrons. The van der Waals surface area contributed by atoms with Gasteiger partial charge in [0.25, 0.3) is 11.4 Å². The van der Waals surface area contributed by atoms with E-state index in [-0.39, 0.29) is 17.1 Å². The van der Waals surface area contributed by atoms with Crippen molar-refractivity contribution >= 4 is 44.3 Å². The topological polar surface area (TPSA) is 138 Å². The van der Waals surface area contributed by atoms with Gasteiger partial charge in [0, 0.05) is 6.07 Å². The summed E-state index contributed by atoms with van der Waals surface area (Å²) in [6, 6.07) is 17.9. The fourth-order valence-electron chi connectivity index (χ4n) is 3.98. The Bertz CT molecular complexity index is 1330. The minimum absolute atomic E-state index is 0.0110. The van der Waals surface area contributed by atoms with E-state index in [2.05, 4.69) is 6.07 Å². The van der Waals surface area contributed by atoms with Crippen molar-refractivity contribution in [3.8, 4) is 0 Å². The zero-order valence-electron chi connectivity index (χ0n) is 15.9. The first-order valence-electron chi connectivity index (χ1n) is 9.27. The van der Waals surface area contributed by atoms with Gasteiger partial charge in [-0.05, 0) is 52.3 Å². The molecule has 0 aromatic heterocycles.